The summed E-state index contributed by atoms with van der Waals surface area (Å²) in [6, 6.07) is 7.40. The molecule has 0 fully saturated rings. The zero-order valence-electron chi connectivity index (χ0n) is 9.83. The fraction of sp³-hybridized carbons (Fsp3) is 0.0909. The summed E-state index contributed by atoms with van der Waals surface area (Å²) in [6.45, 7) is 1.54. The monoisotopic (exact) mass is 340 g/mol. The lowest BCUT2D eigenvalue weighted by Crippen LogP contribution is -2.04. The number of hydrogen-bond acceptors (Lipinski definition) is 6. The van der Waals surface area contributed by atoms with Crippen LogP contribution in [0.3, 0.4) is 0 Å². The minimum atomic E-state index is -0.492. The van der Waals surface area contributed by atoms with Crippen LogP contribution in [0.2, 0.25) is 0 Å². The predicted octanol–water partition coefficient (Wildman–Crippen LogP) is 3.19. The summed E-state index contributed by atoms with van der Waals surface area (Å²) >= 11 is 4.56. The van der Waals surface area contributed by atoms with Crippen molar-refractivity contribution in [1.29, 1.82) is 0 Å². The first-order valence-corrected chi connectivity index (χ1v) is 6.81. The molecule has 1 aromatic carbocycles. The van der Waals surface area contributed by atoms with Crippen molar-refractivity contribution in [1.82, 2.24) is 9.97 Å². The SMILES string of the molecule is Cc1nc(N)nc(Sc2ccccc2Br)c1[N+](=O)[O-]. The first-order chi connectivity index (χ1) is 8.99. The molecule has 0 unspecified atom stereocenters. The third-order valence-electron chi connectivity index (χ3n) is 2.27. The Morgan fingerprint density at radius 1 is 1.37 bits per heavy atom. The molecule has 0 saturated carbocycles. The summed E-state index contributed by atoms with van der Waals surface area (Å²) in [5.41, 5.74) is 5.69. The highest BCUT2D eigenvalue weighted by Gasteiger charge is 2.22. The van der Waals surface area contributed by atoms with E-state index < -0.39 is 4.92 Å². The molecule has 2 N–H and O–H groups in total. The molecule has 98 valence electrons. The number of aromatic nitrogens is 2. The van der Waals surface area contributed by atoms with Crippen molar-refractivity contribution < 1.29 is 4.92 Å². The summed E-state index contributed by atoms with van der Waals surface area (Å²) in [5.74, 6) is 0.0256. The number of anilines is 1. The lowest BCUT2D eigenvalue weighted by Gasteiger charge is -2.06. The van der Waals surface area contributed by atoms with Gasteiger partial charge in [-0.25, -0.2) is 4.98 Å². The van der Waals surface area contributed by atoms with E-state index in [0.717, 1.165) is 9.37 Å². The molecule has 0 aliphatic rings. The van der Waals surface area contributed by atoms with Crippen LogP contribution in [0.1, 0.15) is 5.69 Å². The molecule has 2 aromatic rings. The van der Waals surface area contributed by atoms with Crippen LogP contribution in [0, 0.1) is 17.0 Å². The summed E-state index contributed by atoms with van der Waals surface area (Å²) in [4.78, 5) is 19.2. The smallest absolute Gasteiger partial charge is 0.322 e. The van der Waals surface area contributed by atoms with E-state index in [-0.39, 0.29) is 22.4 Å². The molecule has 0 atom stereocenters. The largest absolute Gasteiger partial charge is 0.368 e. The Bertz CT molecular complexity index is 651. The molecule has 0 aliphatic carbocycles. The Morgan fingerprint density at radius 2 is 2.05 bits per heavy atom. The number of aryl methyl sites for hydroxylation is 1. The van der Waals surface area contributed by atoms with Crippen LogP contribution in [0.5, 0.6) is 0 Å². The Morgan fingerprint density at radius 3 is 2.68 bits per heavy atom. The van der Waals surface area contributed by atoms with Gasteiger partial charge in [0.25, 0.3) is 0 Å². The Balaban J connectivity index is 2.51. The fourth-order valence-corrected chi connectivity index (χ4v) is 2.98. The normalized spacial score (nSPS) is 10.4. The van der Waals surface area contributed by atoms with Crippen LogP contribution in [-0.4, -0.2) is 14.9 Å². The number of nitro groups is 1. The number of nitrogens with zero attached hydrogens (tertiary/aromatic N) is 3. The standard InChI is InChI=1S/C11H9BrN4O2S/c1-6-9(16(17)18)10(15-11(13)14-6)19-8-5-3-2-4-7(8)12/h2-5H,1H3,(H2,13,14,15). The third-order valence-corrected chi connectivity index (χ3v) is 4.28. The summed E-state index contributed by atoms with van der Waals surface area (Å²) in [5, 5.41) is 11.3. The number of benzene rings is 1. The van der Waals surface area contributed by atoms with E-state index in [9.17, 15) is 10.1 Å². The molecule has 0 aliphatic heterocycles. The molecule has 1 aromatic heterocycles. The number of nitrogen functional groups attached to an aromatic ring is 1. The first kappa shape index (κ1) is 13.8. The summed E-state index contributed by atoms with van der Waals surface area (Å²) < 4.78 is 0.837. The van der Waals surface area contributed by atoms with Crippen molar-refractivity contribution in [3.05, 3.63) is 44.5 Å². The van der Waals surface area contributed by atoms with E-state index in [4.69, 9.17) is 5.73 Å². The molecule has 0 spiro atoms. The summed E-state index contributed by atoms with van der Waals surface area (Å²) in [6.07, 6.45) is 0. The van der Waals surface area contributed by atoms with Crippen molar-refractivity contribution >= 4 is 39.3 Å². The molecule has 6 nitrogen and oxygen atoms in total. The van der Waals surface area contributed by atoms with Crippen molar-refractivity contribution in [2.45, 2.75) is 16.8 Å². The van der Waals surface area contributed by atoms with Gasteiger partial charge in [0.1, 0.15) is 5.69 Å². The molecular formula is C11H9BrN4O2S. The van der Waals surface area contributed by atoms with E-state index in [0.29, 0.717) is 0 Å². The molecule has 2 rings (SSSR count). The van der Waals surface area contributed by atoms with E-state index in [1.54, 1.807) is 6.92 Å². The molecule has 19 heavy (non-hydrogen) atoms. The Hall–Kier alpha value is -1.67. The zero-order chi connectivity index (χ0) is 14.0. The van der Waals surface area contributed by atoms with Crippen LogP contribution in [0.4, 0.5) is 11.6 Å². The van der Waals surface area contributed by atoms with Gasteiger partial charge in [-0.2, -0.15) is 4.98 Å². The highest BCUT2D eigenvalue weighted by Crippen LogP contribution is 2.38. The lowest BCUT2D eigenvalue weighted by molar-refractivity contribution is -0.389. The maximum Gasteiger partial charge on any atom is 0.322 e. The van der Waals surface area contributed by atoms with Crippen LogP contribution in [0.15, 0.2) is 38.7 Å². The molecule has 0 radical (unpaired) electrons. The van der Waals surface area contributed by atoms with Crippen molar-refractivity contribution in [2.24, 2.45) is 0 Å². The van der Waals surface area contributed by atoms with Gasteiger partial charge in [-0.1, -0.05) is 23.9 Å². The second-order valence-corrected chi connectivity index (χ2v) is 5.50. The molecule has 8 heteroatoms. The van der Waals surface area contributed by atoms with Crippen molar-refractivity contribution in [2.75, 3.05) is 5.73 Å². The van der Waals surface area contributed by atoms with Gasteiger partial charge in [-0.05, 0) is 35.0 Å². The van der Waals surface area contributed by atoms with Gasteiger partial charge < -0.3 is 5.73 Å². The fourth-order valence-electron chi connectivity index (χ4n) is 1.47. The maximum absolute atomic E-state index is 11.1. The van der Waals surface area contributed by atoms with E-state index in [2.05, 4.69) is 25.9 Å². The molecular weight excluding hydrogens is 332 g/mol. The van der Waals surface area contributed by atoms with E-state index >= 15 is 0 Å². The molecule has 0 amide bonds. The second-order valence-electron chi connectivity index (χ2n) is 3.61. The Labute approximate surface area is 121 Å². The topological polar surface area (TPSA) is 94.9 Å². The number of rotatable bonds is 3. The third kappa shape index (κ3) is 3.02. The van der Waals surface area contributed by atoms with Gasteiger partial charge in [0.15, 0.2) is 5.03 Å². The average molecular weight is 341 g/mol. The van der Waals surface area contributed by atoms with Crippen LogP contribution >= 0.6 is 27.7 Å². The lowest BCUT2D eigenvalue weighted by atomic mass is 10.4. The average Bonchev–Trinajstić information content (AvgIpc) is 2.30. The molecule has 1 heterocycles. The number of halogens is 1. The maximum atomic E-state index is 11.1. The molecule has 0 bridgehead atoms. The van der Waals surface area contributed by atoms with E-state index in [1.807, 2.05) is 24.3 Å². The van der Waals surface area contributed by atoms with Gasteiger partial charge in [0, 0.05) is 9.37 Å². The highest BCUT2D eigenvalue weighted by molar-refractivity contribution is 9.10. The van der Waals surface area contributed by atoms with Crippen molar-refractivity contribution in [3.63, 3.8) is 0 Å². The van der Waals surface area contributed by atoms with Crippen LogP contribution < -0.4 is 5.73 Å². The number of nitrogens with two attached hydrogens (primary N) is 1. The minimum absolute atomic E-state index is 0.0256. The predicted molar refractivity (Wildman–Crippen MR) is 76.1 cm³/mol. The summed E-state index contributed by atoms with van der Waals surface area (Å²) in [7, 11) is 0. The Kier molecular flexibility index (Phi) is 4.01. The van der Waals surface area contributed by atoms with Gasteiger partial charge in [0.05, 0.1) is 4.92 Å². The van der Waals surface area contributed by atoms with Gasteiger partial charge in [-0.15, -0.1) is 0 Å². The highest BCUT2D eigenvalue weighted by atomic mass is 79.9. The van der Waals surface area contributed by atoms with E-state index in [1.165, 1.54) is 11.8 Å². The molecule has 0 saturated heterocycles. The second kappa shape index (κ2) is 5.54. The number of hydrogen-bond donors (Lipinski definition) is 1. The van der Waals surface area contributed by atoms with Crippen LogP contribution in [-0.2, 0) is 0 Å². The quantitative estimate of drug-likeness (QED) is 0.523. The van der Waals surface area contributed by atoms with Gasteiger partial charge in [-0.3, -0.25) is 10.1 Å². The zero-order valence-corrected chi connectivity index (χ0v) is 12.2. The minimum Gasteiger partial charge on any atom is -0.368 e. The van der Waals surface area contributed by atoms with Crippen molar-refractivity contribution in [3.8, 4) is 0 Å². The van der Waals surface area contributed by atoms with Crippen LogP contribution in [0.25, 0.3) is 0 Å². The first-order valence-electron chi connectivity index (χ1n) is 5.20. The van der Waals surface area contributed by atoms with Gasteiger partial charge in [0.2, 0.25) is 5.95 Å². The van der Waals surface area contributed by atoms with Gasteiger partial charge >= 0.3 is 5.69 Å².